The topological polar surface area (TPSA) is 53.9 Å². The Morgan fingerprint density at radius 2 is 2.04 bits per heavy atom. The molecule has 0 spiro atoms. The fourth-order valence-electron chi connectivity index (χ4n) is 2.69. The van der Waals surface area contributed by atoms with Gasteiger partial charge in [0.1, 0.15) is 0 Å². The maximum Gasteiger partial charge on any atom is 0.169 e. The predicted octanol–water partition coefficient (Wildman–Crippen LogP) is -0.305. The summed E-state index contributed by atoms with van der Waals surface area (Å²) in [6, 6.07) is 10.1. The van der Waals surface area contributed by atoms with Gasteiger partial charge in [-0.2, -0.15) is 0 Å². The fraction of sp³-hybridized carbons (Fsp3) is 0.562. The SMILES string of the molecule is C[NH+](C)CCN(C(=S)NCc1ccccc1)[C@H]1CCS(=O)(=O)C1. The van der Waals surface area contributed by atoms with Crippen LogP contribution in [0.25, 0.3) is 0 Å². The highest BCUT2D eigenvalue weighted by Gasteiger charge is 2.33. The predicted molar refractivity (Wildman–Crippen MR) is 97.3 cm³/mol. The van der Waals surface area contributed by atoms with Crippen molar-refractivity contribution in [1.29, 1.82) is 0 Å². The molecule has 0 saturated carbocycles. The molecule has 1 fully saturated rings. The second-order valence-electron chi connectivity index (χ2n) is 6.35. The van der Waals surface area contributed by atoms with Crippen molar-refractivity contribution in [1.82, 2.24) is 10.2 Å². The molecule has 0 radical (unpaired) electrons. The third kappa shape index (κ3) is 5.75. The molecule has 2 N–H and O–H groups in total. The average molecular weight is 357 g/mol. The monoisotopic (exact) mass is 356 g/mol. The van der Waals surface area contributed by atoms with Gasteiger partial charge in [0.25, 0.3) is 0 Å². The van der Waals surface area contributed by atoms with E-state index < -0.39 is 9.84 Å². The van der Waals surface area contributed by atoms with Gasteiger partial charge in [-0.3, -0.25) is 0 Å². The Hall–Kier alpha value is -1.18. The lowest BCUT2D eigenvalue weighted by atomic mass is 10.2. The van der Waals surface area contributed by atoms with Crippen LogP contribution < -0.4 is 10.2 Å². The van der Waals surface area contributed by atoms with Crippen LogP contribution in [0.5, 0.6) is 0 Å². The first-order valence-corrected chi connectivity index (χ1v) is 10.2. The zero-order chi connectivity index (χ0) is 16.9. The number of likely N-dealkylation sites (N-methyl/N-ethyl adjacent to an activating group) is 1. The van der Waals surface area contributed by atoms with E-state index in [0.29, 0.717) is 18.1 Å². The Kier molecular flexibility index (Phi) is 6.38. The highest BCUT2D eigenvalue weighted by Crippen LogP contribution is 2.17. The Balaban J connectivity index is 1.99. The van der Waals surface area contributed by atoms with E-state index >= 15 is 0 Å². The minimum atomic E-state index is -2.92. The molecule has 0 unspecified atom stereocenters. The van der Waals surface area contributed by atoms with E-state index in [0.717, 1.165) is 18.7 Å². The van der Waals surface area contributed by atoms with Crippen LogP contribution in [0.4, 0.5) is 0 Å². The largest absolute Gasteiger partial charge is 0.358 e. The summed E-state index contributed by atoms with van der Waals surface area (Å²) in [5.74, 6) is 0.479. The maximum atomic E-state index is 11.8. The molecule has 1 saturated heterocycles. The molecule has 1 aromatic carbocycles. The fourth-order valence-corrected chi connectivity index (χ4v) is 4.73. The van der Waals surface area contributed by atoms with Crippen LogP contribution in [0.2, 0.25) is 0 Å². The Morgan fingerprint density at radius 3 is 2.61 bits per heavy atom. The molecule has 23 heavy (non-hydrogen) atoms. The van der Waals surface area contributed by atoms with E-state index in [1.807, 2.05) is 30.3 Å². The van der Waals surface area contributed by atoms with Gasteiger partial charge >= 0.3 is 0 Å². The van der Waals surface area contributed by atoms with Gasteiger partial charge in [-0.1, -0.05) is 30.3 Å². The molecule has 5 nitrogen and oxygen atoms in total. The van der Waals surface area contributed by atoms with Crippen molar-refractivity contribution >= 4 is 27.2 Å². The number of hydrogen-bond acceptors (Lipinski definition) is 3. The van der Waals surface area contributed by atoms with E-state index in [2.05, 4.69) is 24.3 Å². The summed E-state index contributed by atoms with van der Waals surface area (Å²) in [5.41, 5.74) is 1.16. The van der Waals surface area contributed by atoms with Crippen LogP contribution in [-0.4, -0.2) is 63.2 Å². The van der Waals surface area contributed by atoms with Crippen LogP contribution >= 0.6 is 12.2 Å². The highest BCUT2D eigenvalue weighted by atomic mass is 32.2. The van der Waals surface area contributed by atoms with Gasteiger partial charge in [0.2, 0.25) is 0 Å². The Morgan fingerprint density at radius 1 is 1.35 bits per heavy atom. The number of benzene rings is 1. The van der Waals surface area contributed by atoms with Gasteiger partial charge in [-0.05, 0) is 24.2 Å². The quantitative estimate of drug-likeness (QED) is 0.685. The molecule has 128 valence electrons. The molecule has 1 atom stereocenters. The molecule has 2 rings (SSSR count). The first-order valence-electron chi connectivity index (χ1n) is 7.95. The maximum absolute atomic E-state index is 11.8. The van der Waals surface area contributed by atoms with Crippen molar-refractivity contribution in [2.24, 2.45) is 0 Å². The normalized spacial score (nSPS) is 19.7. The van der Waals surface area contributed by atoms with Gasteiger partial charge in [0.15, 0.2) is 14.9 Å². The van der Waals surface area contributed by atoms with E-state index in [-0.39, 0.29) is 17.5 Å². The van der Waals surface area contributed by atoms with E-state index in [1.165, 1.54) is 4.90 Å². The van der Waals surface area contributed by atoms with Crippen LogP contribution in [0.15, 0.2) is 30.3 Å². The smallest absolute Gasteiger partial charge is 0.169 e. The van der Waals surface area contributed by atoms with Crippen molar-refractivity contribution in [2.45, 2.75) is 19.0 Å². The highest BCUT2D eigenvalue weighted by molar-refractivity contribution is 7.91. The summed E-state index contributed by atoms with van der Waals surface area (Å²) >= 11 is 5.55. The van der Waals surface area contributed by atoms with Gasteiger partial charge in [-0.25, -0.2) is 8.42 Å². The average Bonchev–Trinajstić information content (AvgIpc) is 2.86. The van der Waals surface area contributed by atoms with Crippen LogP contribution in [-0.2, 0) is 16.4 Å². The first-order chi connectivity index (χ1) is 10.9. The van der Waals surface area contributed by atoms with Gasteiger partial charge in [0.05, 0.1) is 38.7 Å². The minimum absolute atomic E-state index is 0.00452. The third-order valence-corrected chi connectivity index (χ3v) is 6.18. The molecule has 0 bridgehead atoms. The lowest BCUT2D eigenvalue weighted by Crippen LogP contribution is -3.06. The van der Waals surface area contributed by atoms with Crippen LogP contribution in [0, 0.1) is 0 Å². The van der Waals surface area contributed by atoms with Crippen molar-refractivity contribution < 1.29 is 13.3 Å². The van der Waals surface area contributed by atoms with E-state index in [1.54, 1.807) is 0 Å². The summed E-state index contributed by atoms with van der Waals surface area (Å²) in [4.78, 5) is 3.39. The van der Waals surface area contributed by atoms with E-state index in [4.69, 9.17) is 12.2 Å². The van der Waals surface area contributed by atoms with Crippen molar-refractivity contribution in [2.75, 3.05) is 38.7 Å². The molecular weight excluding hydrogens is 330 g/mol. The zero-order valence-corrected chi connectivity index (χ0v) is 15.4. The number of thiocarbonyl (C=S) groups is 1. The molecule has 1 aromatic rings. The standard InChI is InChI=1S/C16H25N3O2S2/c1-18(2)9-10-19(15-8-11-23(20,21)13-15)16(22)17-12-14-6-4-3-5-7-14/h3-7,15H,8-13H2,1-2H3,(H,17,22)/p+1/t15-/m0/s1. The molecule has 0 aromatic heterocycles. The van der Waals surface area contributed by atoms with Crippen LogP contribution in [0.3, 0.4) is 0 Å². The molecule has 7 heteroatoms. The Labute approximate surface area is 144 Å². The van der Waals surface area contributed by atoms with Crippen molar-refractivity contribution in [3.63, 3.8) is 0 Å². The summed E-state index contributed by atoms with van der Waals surface area (Å²) < 4.78 is 23.6. The summed E-state index contributed by atoms with van der Waals surface area (Å²) in [7, 11) is 1.26. The molecule has 0 amide bonds. The van der Waals surface area contributed by atoms with Gasteiger partial charge in [-0.15, -0.1) is 0 Å². The lowest BCUT2D eigenvalue weighted by molar-refractivity contribution is -0.857. The van der Waals surface area contributed by atoms with E-state index in [9.17, 15) is 8.42 Å². The Bertz CT molecular complexity index is 617. The van der Waals surface area contributed by atoms with Crippen molar-refractivity contribution in [3.8, 4) is 0 Å². The first kappa shape index (κ1) is 18.2. The minimum Gasteiger partial charge on any atom is -0.358 e. The lowest BCUT2D eigenvalue weighted by Gasteiger charge is -2.31. The van der Waals surface area contributed by atoms with Crippen LogP contribution in [0.1, 0.15) is 12.0 Å². The molecule has 1 aliphatic rings. The second kappa shape index (κ2) is 8.08. The zero-order valence-electron chi connectivity index (χ0n) is 13.8. The molecule has 0 aliphatic carbocycles. The third-order valence-electron chi connectivity index (χ3n) is 4.05. The summed E-state index contributed by atoms with van der Waals surface area (Å²) in [5, 5.41) is 3.93. The number of rotatable bonds is 6. The van der Waals surface area contributed by atoms with Gasteiger partial charge in [0, 0.05) is 12.6 Å². The number of quaternary nitrogens is 1. The molecule has 1 heterocycles. The second-order valence-corrected chi connectivity index (χ2v) is 8.97. The number of nitrogens with zero attached hydrogens (tertiary/aromatic N) is 1. The molecular formula is C16H26N3O2S2+. The number of hydrogen-bond donors (Lipinski definition) is 2. The number of sulfone groups is 1. The number of nitrogens with one attached hydrogen (secondary N) is 2. The summed E-state index contributed by atoms with van der Waals surface area (Å²) in [6.45, 7) is 2.34. The van der Waals surface area contributed by atoms with Gasteiger partial charge < -0.3 is 15.1 Å². The summed E-state index contributed by atoms with van der Waals surface area (Å²) in [6.07, 6.45) is 0.665. The van der Waals surface area contributed by atoms with Crippen molar-refractivity contribution in [3.05, 3.63) is 35.9 Å². The molecule has 1 aliphatic heterocycles.